The van der Waals surface area contributed by atoms with Gasteiger partial charge in [-0.05, 0) is 63.1 Å². The molecule has 3 heterocycles. The minimum atomic E-state index is 0.155. The number of nitrogens with zero attached hydrogens (tertiary/aromatic N) is 4. The van der Waals surface area contributed by atoms with Crippen molar-refractivity contribution in [3.8, 4) is 11.5 Å². The third kappa shape index (κ3) is 7.37. The average molecular weight is 535 g/mol. The van der Waals surface area contributed by atoms with E-state index in [-0.39, 0.29) is 6.04 Å². The summed E-state index contributed by atoms with van der Waals surface area (Å²) in [6.45, 7) is 9.90. The Hall–Kier alpha value is -2.87. The van der Waals surface area contributed by atoms with Crippen LogP contribution in [-0.4, -0.2) is 60.7 Å². The van der Waals surface area contributed by atoms with Gasteiger partial charge in [0.1, 0.15) is 23.1 Å². The zero-order chi connectivity index (χ0) is 26.2. The first-order chi connectivity index (χ1) is 18.6. The van der Waals surface area contributed by atoms with Crippen LogP contribution in [0, 0.1) is 6.92 Å². The number of anilines is 2. The van der Waals surface area contributed by atoms with E-state index in [0.29, 0.717) is 5.02 Å². The van der Waals surface area contributed by atoms with Gasteiger partial charge in [-0.2, -0.15) is 0 Å². The number of piperazine rings is 1. The number of benzene rings is 2. The van der Waals surface area contributed by atoms with Crippen LogP contribution in [0.5, 0.6) is 11.5 Å². The van der Waals surface area contributed by atoms with Crippen LogP contribution >= 0.6 is 11.6 Å². The summed E-state index contributed by atoms with van der Waals surface area (Å²) < 4.78 is 6.04. The molecule has 0 bridgehead atoms. The summed E-state index contributed by atoms with van der Waals surface area (Å²) in [7, 11) is 0. The Bertz CT molecular complexity index is 1180. The van der Waals surface area contributed by atoms with Crippen LogP contribution in [0.4, 0.5) is 11.5 Å². The van der Waals surface area contributed by atoms with E-state index in [0.717, 1.165) is 61.4 Å². The molecule has 1 fully saturated rings. The first-order valence-corrected chi connectivity index (χ1v) is 14.3. The monoisotopic (exact) mass is 534 g/mol. The van der Waals surface area contributed by atoms with Gasteiger partial charge in [-0.15, -0.1) is 0 Å². The van der Waals surface area contributed by atoms with E-state index in [2.05, 4.69) is 31.5 Å². The fourth-order valence-corrected chi connectivity index (χ4v) is 5.50. The van der Waals surface area contributed by atoms with Gasteiger partial charge in [0.05, 0.1) is 6.04 Å². The van der Waals surface area contributed by atoms with E-state index < -0.39 is 0 Å². The van der Waals surface area contributed by atoms with E-state index in [9.17, 15) is 0 Å². The van der Waals surface area contributed by atoms with E-state index in [1.54, 1.807) is 0 Å². The molecule has 1 saturated heterocycles. The molecule has 2 aliphatic heterocycles. The number of aromatic nitrogens is 2. The normalized spacial score (nSPS) is 17.7. The number of aryl methyl sites for hydroxylation is 1. The fourth-order valence-electron chi connectivity index (χ4n) is 5.32. The highest BCUT2D eigenvalue weighted by atomic mass is 35.5. The molecule has 7 nitrogen and oxygen atoms in total. The molecule has 0 saturated carbocycles. The van der Waals surface area contributed by atoms with Crippen LogP contribution in [0.3, 0.4) is 0 Å². The Morgan fingerprint density at radius 3 is 2.55 bits per heavy atom. The van der Waals surface area contributed by atoms with Gasteiger partial charge in [0.25, 0.3) is 0 Å². The highest BCUT2D eigenvalue weighted by Gasteiger charge is 2.27. The Morgan fingerprint density at radius 1 is 0.974 bits per heavy atom. The lowest BCUT2D eigenvalue weighted by atomic mass is 10.00. The molecule has 5 rings (SSSR count). The quantitative estimate of drug-likeness (QED) is 0.290. The molecule has 1 atom stereocenters. The first kappa shape index (κ1) is 26.7. The molecule has 2 aromatic carbocycles. The van der Waals surface area contributed by atoms with E-state index in [4.69, 9.17) is 21.3 Å². The Kier molecular flexibility index (Phi) is 9.33. The largest absolute Gasteiger partial charge is 0.457 e. The first-order valence-electron chi connectivity index (χ1n) is 14.0. The van der Waals surface area contributed by atoms with Crippen molar-refractivity contribution in [3.05, 3.63) is 71.1 Å². The summed E-state index contributed by atoms with van der Waals surface area (Å²) in [5.41, 5.74) is 2.18. The van der Waals surface area contributed by atoms with Crippen molar-refractivity contribution in [1.29, 1.82) is 0 Å². The summed E-state index contributed by atoms with van der Waals surface area (Å²) in [4.78, 5) is 14.5. The molecular weight excluding hydrogens is 496 g/mol. The van der Waals surface area contributed by atoms with Crippen LogP contribution in [0.2, 0.25) is 5.02 Å². The van der Waals surface area contributed by atoms with Crippen LogP contribution < -0.4 is 20.3 Å². The molecule has 0 radical (unpaired) electrons. The third-order valence-corrected chi connectivity index (χ3v) is 7.58. The zero-order valence-corrected chi connectivity index (χ0v) is 23.1. The van der Waals surface area contributed by atoms with Crippen molar-refractivity contribution in [2.75, 3.05) is 56.0 Å². The highest BCUT2D eigenvalue weighted by Crippen LogP contribution is 2.35. The Morgan fingerprint density at radius 2 is 1.74 bits per heavy atom. The predicted octanol–water partition coefficient (Wildman–Crippen LogP) is 6.06. The van der Waals surface area contributed by atoms with Gasteiger partial charge in [0, 0.05) is 67.8 Å². The minimum Gasteiger partial charge on any atom is -0.457 e. The number of hydrogen-bond acceptors (Lipinski definition) is 7. The summed E-state index contributed by atoms with van der Waals surface area (Å²) >= 11 is 6.11. The molecule has 1 unspecified atom stereocenters. The van der Waals surface area contributed by atoms with Gasteiger partial charge < -0.3 is 25.2 Å². The van der Waals surface area contributed by atoms with Gasteiger partial charge in [-0.25, -0.2) is 9.97 Å². The molecular formula is C30H39ClN6O. The molecule has 2 aliphatic rings. The third-order valence-electron chi connectivity index (χ3n) is 7.35. The van der Waals surface area contributed by atoms with Crippen LogP contribution in [0.1, 0.15) is 49.5 Å². The molecule has 202 valence electrons. The van der Waals surface area contributed by atoms with Gasteiger partial charge in [-0.1, -0.05) is 36.6 Å². The Balaban J connectivity index is 1.16. The number of rotatable bonds is 11. The summed E-state index contributed by atoms with van der Waals surface area (Å²) in [5.74, 6) is 3.39. The Labute approximate surface area is 231 Å². The molecule has 0 spiro atoms. The minimum absolute atomic E-state index is 0.155. The lowest BCUT2D eigenvalue weighted by molar-refractivity contribution is 0.236. The number of nitrogens with one attached hydrogen (secondary N) is 2. The second-order valence-corrected chi connectivity index (χ2v) is 10.7. The lowest BCUT2D eigenvalue weighted by Gasteiger charge is -2.35. The van der Waals surface area contributed by atoms with Gasteiger partial charge in [-0.3, -0.25) is 0 Å². The average Bonchev–Trinajstić information content (AvgIpc) is 2.92. The molecule has 38 heavy (non-hydrogen) atoms. The van der Waals surface area contributed by atoms with Crippen molar-refractivity contribution in [1.82, 2.24) is 20.2 Å². The number of halogens is 1. The van der Waals surface area contributed by atoms with Crippen molar-refractivity contribution in [2.24, 2.45) is 0 Å². The lowest BCUT2D eigenvalue weighted by Crippen LogP contribution is -2.43. The molecule has 0 aliphatic carbocycles. The molecule has 0 amide bonds. The van der Waals surface area contributed by atoms with E-state index >= 15 is 0 Å². The second-order valence-electron chi connectivity index (χ2n) is 10.3. The summed E-state index contributed by atoms with van der Waals surface area (Å²) in [6, 6.07) is 15.7. The molecule has 1 aromatic heterocycles. The highest BCUT2D eigenvalue weighted by molar-refractivity contribution is 6.30. The topological polar surface area (TPSA) is 65.6 Å². The fraction of sp³-hybridized carbons (Fsp3) is 0.467. The summed E-state index contributed by atoms with van der Waals surface area (Å²) in [5, 5.41) is 7.80. The van der Waals surface area contributed by atoms with Gasteiger partial charge >= 0.3 is 0 Å². The van der Waals surface area contributed by atoms with Crippen molar-refractivity contribution in [3.63, 3.8) is 0 Å². The van der Waals surface area contributed by atoms with Crippen molar-refractivity contribution >= 4 is 23.1 Å². The molecule has 2 N–H and O–H groups in total. The van der Waals surface area contributed by atoms with Gasteiger partial charge in [0.15, 0.2) is 0 Å². The van der Waals surface area contributed by atoms with Crippen LogP contribution in [0.15, 0.2) is 54.7 Å². The number of unbranched alkanes of at least 4 members (excludes halogenated alkanes) is 3. The van der Waals surface area contributed by atoms with Crippen molar-refractivity contribution < 1.29 is 4.74 Å². The number of ether oxygens (including phenoxy) is 1. The van der Waals surface area contributed by atoms with Crippen LogP contribution in [0.25, 0.3) is 0 Å². The number of fused-ring (bicyclic) bond motifs is 1. The zero-order valence-electron chi connectivity index (χ0n) is 22.3. The SMILES string of the molecule is Cc1ncc2c(n1)N(CCCCCCN1CCNCC1)CCC2Nc1cccc(Oc2cccc(Cl)c2)c1. The standard InChI is InChI=1S/C30H39ClN6O/c1-23-33-22-28-29(35-25-9-7-11-27(21-25)38-26-10-6-8-24(31)20-26)12-17-37(30(28)34-23)16-5-3-2-4-15-36-18-13-32-14-19-36/h6-11,20-22,29,32,35H,2-5,12-19H2,1H3. The maximum atomic E-state index is 6.11. The van der Waals surface area contributed by atoms with E-state index in [1.807, 2.05) is 55.6 Å². The van der Waals surface area contributed by atoms with Gasteiger partial charge in [0.2, 0.25) is 0 Å². The molecule has 3 aromatic rings. The second kappa shape index (κ2) is 13.3. The maximum Gasteiger partial charge on any atom is 0.137 e. The van der Waals surface area contributed by atoms with E-state index in [1.165, 1.54) is 50.9 Å². The number of hydrogen-bond donors (Lipinski definition) is 2. The van der Waals surface area contributed by atoms with Crippen molar-refractivity contribution in [2.45, 2.75) is 45.1 Å². The summed E-state index contributed by atoms with van der Waals surface area (Å²) in [6.07, 6.45) is 8.06. The molecule has 8 heteroatoms. The smallest absolute Gasteiger partial charge is 0.137 e. The predicted molar refractivity (Wildman–Crippen MR) is 156 cm³/mol. The van der Waals surface area contributed by atoms with Crippen LogP contribution in [-0.2, 0) is 0 Å². The maximum absolute atomic E-state index is 6.11.